The number of carbonyl (C=O) groups excluding carboxylic acids is 3. The van der Waals surface area contributed by atoms with Crippen molar-refractivity contribution in [1.82, 2.24) is 29.6 Å². The van der Waals surface area contributed by atoms with E-state index in [9.17, 15) is 86.6 Å². The van der Waals surface area contributed by atoms with Gasteiger partial charge in [0.25, 0.3) is 11.1 Å². The van der Waals surface area contributed by atoms with Crippen molar-refractivity contribution in [2.75, 3.05) is 47.9 Å². The van der Waals surface area contributed by atoms with E-state index >= 15 is 8.78 Å². The van der Waals surface area contributed by atoms with Gasteiger partial charge in [-0.2, -0.15) is 52.7 Å². The van der Waals surface area contributed by atoms with Gasteiger partial charge in [0.05, 0.1) is 53.8 Å². The van der Waals surface area contributed by atoms with Crippen LogP contribution in [0.25, 0.3) is 22.3 Å². The SMILES string of the molecule is CCOC(=O)C[C@H](NC(=O)C(CC(C)C)n1cc(CCCN(C)C)c(C(F)(F)F)cc1=O)c1cc(-c2c(C)cc(C)cc2C)cc(C(F)(F)F)c1F.Cc1cc(C)c(-c2cc([C@H](CC(=O)O)NC(=O)C(CC(C)C)n3cc(CCCN(C)C)c(C(F)(F)F)cc3=O)c(F)c(C(F)(F)F)c2)c(C)c1. The van der Waals surface area contributed by atoms with E-state index in [1.165, 1.54) is 6.92 Å². The lowest BCUT2D eigenvalue weighted by Gasteiger charge is -2.27. The van der Waals surface area contributed by atoms with E-state index in [0.717, 1.165) is 44.8 Å². The minimum Gasteiger partial charge on any atom is -0.481 e. The summed E-state index contributed by atoms with van der Waals surface area (Å²) in [5.74, 6) is -8.77. The Morgan fingerprint density at radius 1 is 0.500 bits per heavy atom. The number of aromatic nitrogens is 2. The molecule has 560 valence electrons. The first-order valence-corrected chi connectivity index (χ1v) is 33.0. The fourth-order valence-corrected chi connectivity index (χ4v) is 12.7. The third-order valence-electron chi connectivity index (χ3n) is 16.9. The standard InChI is InChI=1S/C38H46F7N3O4.C36H42F7N3O4/c1-9-52-33(50)19-30(27-16-26(17-29(35(27)39)38(43,44)45)34-23(5)14-22(4)15-24(34)6)46-36(51)31(13-21(2)3)48-20-25(11-10-12-47(7)8)28(18-32(48)49)37(40,41)42;1-19(2)11-29(46-18-23(9-8-10-45(6)7)26(16-30(46)47)35(38,39)40)34(50)44-28(17-31(48)49)25-14-24(15-27(33(25)37)36(41,42)43)32-21(4)12-20(3)13-22(32)5/h14-18,20-21,30-31H,9-13,19H2,1-8H3,(H,46,51);12-16,18-19,28-29H,8-11,17H2,1-7H3,(H,44,50)(H,48,49)/t30-,31?;28-,29?/m00/s1. The first-order chi connectivity index (χ1) is 47.0. The highest BCUT2D eigenvalue weighted by Gasteiger charge is 2.42. The molecule has 0 fully saturated rings. The Balaban J connectivity index is 0.000000367. The van der Waals surface area contributed by atoms with E-state index in [2.05, 4.69) is 10.6 Å². The maximum Gasteiger partial charge on any atom is 0.419 e. The number of esters is 1. The van der Waals surface area contributed by atoms with E-state index in [1.54, 1.807) is 125 Å². The van der Waals surface area contributed by atoms with Crippen LogP contribution in [0.2, 0.25) is 0 Å². The molecule has 0 spiro atoms. The fourth-order valence-electron chi connectivity index (χ4n) is 12.7. The second kappa shape index (κ2) is 34.7. The van der Waals surface area contributed by atoms with Gasteiger partial charge in [0.2, 0.25) is 11.8 Å². The second-order valence-corrected chi connectivity index (χ2v) is 27.1. The topological polar surface area (TPSA) is 172 Å². The monoisotopic (exact) mass is 1450 g/mol. The normalized spacial score (nSPS) is 13.5. The number of carboxylic acids is 1. The molecule has 2 aromatic heterocycles. The quantitative estimate of drug-likeness (QED) is 0.0333. The predicted octanol–water partition coefficient (Wildman–Crippen LogP) is 16.5. The highest BCUT2D eigenvalue weighted by atomic mass is 19.4. The molecular weight excluding hydrogens is 1370 g/mol. The smallest absolute Gasteiger partial charge is 0.419 e. The maximum atomic E-state index is 16.1. The number of amides is 2. The van der Waals surface area contributed by atoms with Crippen LogP contribution in [-0.2, 0) is 61.5 Å². The predicted molar refractivity (Wildman–Crippen MR) is 360 cm³/mol. The lowest BCUT2D eigenvalue weighted by molar-refractivity contribution is -0.144. The Labute approximate surface area is 583 Å². The number of carbonyl (C=O) groups is 4. The third-order valence-corrected chi connectivity index (χ3v) is 16.9. The number of nitrogens with zero attached hydrogens (tertiary/aromatic N) is 4. The lowest BCUT2D eigenvalue weighted by atomic mass is 9.89. The molecule has 0 aliphatic rings. The Kier molecular flexibility index (Phi) is 28.7. The average Bonchev–Trinajstić information content (AvgIpc) is 0.787. The molecule has 2 unspecified atom stereocenters. The molecule has 0 aliphatic carbocycles. The van der Waals surface area contributed by atoms with Gasteiger partial charge in [0.1, 0.15) is 23.7 Å². The van der Waals surface area contributed by atoms with Crippen LogP contribution in [0.15, 0.2) is 82.6 Å². The molecule has 4 aromatic carbocycles. The number of hydrogen-bond acceptors (Lipinski definition) is 9. The van der Waals surface area contributed by atoms with Gasteiger partial charge < -0.3 is 39.4 Å². The number of alkyl halides is 12. The lowest BCUT2D eigenvalue weighted by Crippen LogP contribution is -2.41. The highest BCUT2D eigenvalue weighted by molar-refractivity contribution is 5.83. The molecule has 2 amide bonds. The van der Waals surface area contributed by atoms with Gasteiger partial charge in [-0.3, -0.25) is 28.8 Å². The molecule has 0 bridgehead atoms. The Bertz CT molecular complexity index is 4070. The van der Waals surface area contributed by atoms with Crippen LogP contribution in [0.4, 0.5) is 61.5 Å². The average molecular weight is 1460 g/mol. The van der Waals surface area contributed by atoms with Crippen molar-refractivity contribution in [2.24, 2.45) is 11.8 Å². The van der Waals surface area contributed by atoms with Crippen LogP contribution in [0.3, 0.4) is 0 Å². The van der Waals surface area contributed by atoms with E-state index in [-0.39, 0.29) is 72.8 Å². The van der Waals surface area contributed by atoms with Crippen molar-refractivity contribution in [2.45, 2.75) is 176 Å². The molecule has 2 heterocycles. The van der Waals surface area contributed by atoms with Crippen molar-refractivity contribution in [3.05, 3.63) is 183 Å². The zero-order chi connectivity index (χ0) is 77.2. The molecule has 28 heteroatoms. The van der Waals surface area contributed by atoms with Crippen LogP contribution in [0.1, 0.15) is 175 Å². The van der Waals surface area contributed by atoms with E-state index < -0.39 is 142 Å². The molecule has 0 aliphatic heterocycles. The van der Waals surface area contributed by atoms with Gasteiger partial charge in [-0.1, -0.05) is 63.1 Å². The van der Waals surface area contributed by atoms with Crippen LogP contribution >= 0.6 is 0 Å². The van der Waals surface area contributed by atoms with Gasteiger partial charge in [0.15, 0.2) is 0 Å². The van der Waals surface area contributed by atoms with Crippen LogP contribution in [0, 0.1) is 65.0 Å². The molecule has 0 saturated carbocycles. The summed E-state index contributed by atoms with van der Waals surface area (Å²) in [5.41, 5.74) is -5.06. The molecule has 4 atom stereocenters. The van der Waals surface area contributed by atoms with Crippen molar-refractivity contribution in [3.8, 4) is 22.3 Å². The Morgan fingerprint density at radius 3 is 1.11 bits per heavy atom. The summed E-state index contributed by atoms with van der Waals surface area (Å²) >= 11 is 0. The van der Waals surface area contributed by atoms with Crippen molar-refractivity contribution in [1.29, 1.82) is 0 Å². The maximum absolute atomic E-state index is 16.1. The Hall–Kier alpha value is -8.40. The van der Waals surface area contributed by atoms with Gasteiger partial charge in [-0.25, -0.2) is 8.78 Å². The number of aliphatic carboxylic acids is 1. The van der Waals surface area contributed by atoms with E-state index in [1.807, 2.05) is 6.92 Å². The number of ether oxygens (including phenoxy) is 1. The number of aryl methyl sites for hydroxylation is 8. The van der Waals surface area contributed by atoms with Gasteiger partial charge in [-0.05, 0) is 220 Å². The fraction of sp³-hybridized carbons (Fsp3) is 0.486. The number of hydrogen-bond donors (Lipinski definition) is 3. The zero-order valence-electron chi connectivity index (χ0n) is 59.6. The molecular formula is C74H88F14N6O8. The molecule has 0 radical (unpaired) electrons. The number of benzene rings is 4. The number of pyridine rings is 2. The molecule has 6 rings (SSSR count). The number of halogens is 14. The van der Waals surface area contributed by atoms with Crippen LogP contribution < -0.4 is 21.8 Å². The summed E-state index contributed by atoms with van der Waals surface area (Å²) < 4.78 is 208. The number of rotatable bonds is 27. The largest absolute Gasteiger partial charge is 0.481 e. The Morgan fingerprint density at radius 2 is 0.824 bits per heavy atom. The molecule has 102 heavy (non-hydrogen) atoms. The number of carboxylic acid groups (broad SMARTS) is 1. The minimum absolute atomic E-state index is 0.0121. The van der Waals surface area contributed by atoms with E-state index in [4.69, 9.17) is 4.74 Å². The summed E-state index contributed by atoms with van der Waals surface area (Å²) in [7, 11) is 6.98. The van der Waals surface area contributed by atoms with Crippen LogP contribution in [0.5, 0.6) is 0 Å². The van der Waals surface area contributed by atoms with Crippen LogP contribution in [-0.4, -0.2) is 95.7 Å². The van der Waals surface area contributed by atoms with Crippen molar-refractivity contribution in [3.63, 3.8) is 0 Å². The summed E-state index contributed by atoms with van der Waals surface area (Å²) in [4.78, 5) is 82.9. The summed E-state index contributed by atoms with van der Waals surface area (Å²) in [6.07, 6.45) is -19.8. The molecule has 0 saturated heterocycles. The van der Waals surface area contributed by atoms with Gasteiger partial charge in [-0.15, -0.1) is 0 Å². The highest BCUT2D eigenvalue weighted by Crippen LogP contribution is 2.43. The van der Waals surface area contributed by atoms with E-state index in [0.29, 0.717) is 77.2 Å². The van der Waals surface area contributed by atoms with Crippen molar-refractivity contribution >= 4 is 23.8 Å². The molecule has 3 N–H and O–H groups in total. The third kappa shape index (κ3) is 22.6. The van der Waals surface area contributed by atoms with Crippen molar-refractivity contribution < 1.29 is 90.5 Å². The summed E-state index contributed by atoms with van der Waals surface area (Å²) in [6, 6.07) is 4.72. The summed E-state index contributed by atoms with van der Waals surface area (Å²) in [6.45, 7) is 19.3. The summed E-state index contributed by atoms with van der Waals surface area (Å²) in [5, 5.41) is 14.5. The zero-order valence-corrected chi connectivity index (χ0v) is 59.6. The molecule has 14 nitrogen and oxygen atoms in total. The van der Waals surface area contributed by atoms with Gasteiger partial charge in [0, 0.05) is 35.7 Å². The molecule has 6 aromatic rings. The number of nitrogens with one attached hydrogen (secondary N) is 2. The second-order valence-electron chi connectivity index (χ2n) is 27.1. The first kappa shape index (κ1) is 84.3. The minimum atomic E-state index is -5.20. The first-order valence-electron chi connectivity index (χ1n) is 33.0. The van der Waals surface area contributed by atoms with Gasteiger partial charge >= 0.3 is 36.6 Å².